The molecule has 1 aromatic heterocycles. The predicted octanol–water partition coefficient (Wildman–Crippen LogP) is 1.43. The molecule has 0 aliphatic heterocycles. The molecular formula is C15H29N5OS. The van der Waals surface area contributed by atoms with Crippen LogP contribution in [0, 0.1) is 6.92 Å². The Hall–Kier alpha value is -1.18. The van der Waals surface area contributed by atoms with Gasteiger partial charge in [0.1, 0.15) is 0 Å². The lowest BCUT2D eigenvalue weighted by molar-refractivity contribution is 0.161. The Balaban J connectivity index is 2.27. The largest absolute Gasteiger partial charge is 0.383 e. The summed E-state index contributed by atoms with van der Waals surface area (Å²) in [6.45, 7) is 6.50. The van der Waals surface area contributed by atoms with E-state index in [2.05, 4.69) is 37.5 Å². The predicted molar refractivity (Wildman–Crippen MR) is 93.7 cm³/mol. The van der Waals surface area contributed by atoms with E-state index in [4.69, 9.17) is 4.74 Å². The van der Waals surface area contributed by atoms with Crippen LogP contribution in [0.4, 0.5) is 0 Å². The van der Waals surface area contributed by atoms with Crippen molar-refractivity contribution in [3.63, 3.8) is 0 Å². The lowest BCUT2D eigenvalue weighted by Crippen LogP contribution is -2.39. The van der Waals surface area contributed by atoms with Gasteiger partial charge in [-0.2, -0.15) is 0 Å². The molecule has 0 saturated carbocycles. The molecule has 0 atom stereocenters. The first kappa shape index (κ1) is 18.9. The normalized spacial score (nSPS) is 12.0. The van der Waals surface area contributed by atoms with E-state index in [0.29, 0.717) is 0 Å². The van der Waals surface area contributed by atoms with Gasteiger partial charge in [-0.05, 0) is 26.9 Å². The molecule has 1 heterocycles. The Morgan fingerprint density at radius 3 is 2.77 bits per heavy atom. The van der Waals surface area contributed by atoms with E-state index in [1.807, 2.05) is 21.0 Å². The molecule has 0 radical (unpaired) electrons. The molecule has 0 saturated heterocycles. The number of aromatic nitrogens is 1. The van der Waals surface area contributed by atoms with Gasteiger partial charge in [0.15, 0.2) is 5.96 Å². The first-order chi connectivity index (χ1) is 10.6. The molecule has 0 aromatic carbocycles. The van der Waals surface area contributed by atoms with Crippen LogP contribution in [0.3, 0.4) is 0 Å². The van der Waals surface area contributed by atoms with Crippen LogP contribution in [0.1, 0.15) is 17.1 Å². The van der Waals surface area contributed by atoms with Crippen LogP contribution in [-0.2, 0) is 11.3 Å². The lowest BCUT2D eigenvalue weighted by Gasteiger charge is -2.22. The Morgan fingerprint density at radius 2 is 2.18 bits per heavy atom. The van der Waals surface area contributed by atoms with E-state index in [-0.39, 0.29) is 0 Å². The molecular weight excluding hydrogens is 298 g/mol. The van der Waals surface area contributed by atoms with Gasteiger partial charge in [-0.25, -0.2) is 4.98 Å². The smallest absolute Gasteiger partial charge is 0.193 e. The first-order valence-electron chi connectivity index (χ1n) is 7.57. The van der Waals surface area contributed by atoms with Gasteiger partial charge in [0.05, 0.1) is 23.9 Å². The zero-order valence-corrected chi connectivity index (χ0v) is 15.2. The summed E-state index contributed by atoms with van der Waals surface area (Å²) in [7, 11) is 7.70. The fourth-order valence-electron chi connectivity index (χ4n) is 2.09. The Kier molecular flexibility index (Phi) is 9.03. The van der Waals surface area contributed by atoms with Gasteiger partial charge in [-0.3, -0.25) is 4.99 Å². The van der Waals surface area contributed by atoms with Crippen molar-refractivity contribution in [2.45, 2.75) is 19.9 Å². The molecule has 1 aromatic rings. The van der Waals surface area contributed by atoms with E-state index in [1.54, 1.807) is 18.4 Å². The quantitative estimate of drug-likeness (QED) is 0.422. The number of likely N-dealkylation sites (N-methyl/N-ethyl adjacent to an activating group) is 1. The van der Waals surface area contributed by atoms with Crippen LogP contribution in [0.2, 0.25) is 0 Å². The third kappa shape index (κ3) is 7.20. The SMILES string of the molecule is CN=C(NCCCN(C)CCOC)N(C)Cc1csc(C)n1. The maximum Gasteiger partial charge on any atom is 0.193 e. The highest BCUT2D eigenvalue weighted by Crippen LogP contribution is 2.09. The van der Waals surface area contributed by atoms with Gasteiger partial charge in [0, 0.05) is 39.7 Å². The van der Waals surface area contributed by atoms with Crippen molar-refractivity contribution in [3.05, 3.63) is 16.1 Å². The molecule has 0 aliphatic rings. The molecule has 0 fully saturated rings. The van der Waals surface area contributed by atoms with E-state index in [0.717, 1.165) is 55.9 Å². The third-order valence-electron chi connectivity index (χ3n) is 3.32. The second-order valence-corrected chi connectivity index (χ2v) is 6.40. The zero-order chi connectivity index (χ0) is 16.4. The molecule has 126 valence electrons. The summed E-state index contributed by atoms with van der Waals surface area (Å²) >= 11 is 1.68. The van der Waals surface area contributed by atoms with Crippen LogP contribution in [0.15, 0.2) is 10.4 Å². The number of ether oxygens (including phenoxy) is 1. The number of hydrogen-bond acceptors (Lipinski definition) is 5. The molecule has 0 spiro atoms. The van der Waals surface area contributed by atoms with Gasteiger partial charge in [-0.15, -0.1) is 11.3 Å². The van der Waals surface area contributed by atoms with Gasteiger partial charge >= 0.3 is 0 Å². The summed E-state index contributed by atoms with van der Waals surface area (Å²) in [4.78, 5) is 13.2. The van der Waals surface area contributed by atoms with Crippen molar-refractivity contribution in [1.82, 2.24) is 20.1 Å². The number of aryl methyl sites for hydroxylation is 1. The van der Waals surface area contributed by atoms with Gasteiger partial charge in [-0.1, -0.05) is 0 Å². The average Bonchev–Trinajstić information content (AvgIpc) is 2.90. The molecule has 0 aliphatic carbocycles. The number of thiazole rings is 1. The van der Waals surface area contributed by atoms with Crippen molar-refractivity contribution in [2.24, 2.45) is 4.99 Å². The molecule has 6 nitrogen and oxygen atoms in total. The van der Waals surface area contributed by atoms with Crippen LogP contribution in [0.5, 0.6) is 0 Å². The number of methoxy groups -OCH3 is 1. The van der Waals surface area contributed by atoms with Gasteiger partial charge in [0.2, 0.25) is 0 Å². The standard InChI is InChI=1S/C15H29N5OS/c1-13-18-14(12-22-13)11-20(4)15(16-2)17-7-6-8-19(3)9-10-21-5/h12H,6-11H2,1-5H3,(H,16,17). The number of hydrogen-bond donors (Lipinski definition) is 1. The fraction of sp³-hybridized carbons (Fsp3) is 0.733. The van der Waals surface area contributed by atoms with Gasteiger partial charge in [0.25, 0.3) is 0 Å². The summed E-state index contributed by atoms with van der Waals surface area (Å²) in [5.41, 5.74) is 1.09. The average molecular weight is 327 g/mol. The summed E-state index contributed by atoms with van der Waals surface area (Å²) in [6.07, 6.45) is 1.07. The maximum atomic E-state index is 5.08. The van der Waals surface area contributed by atoms with Crippen molar-refractivity contribution < 1.29 is 4.74 Å². The number of aliphatic imine (C=N–C) groups is 1. The monoisotopic (exact) mass is 327 g/mol. The van der Waals surface area contributed by atoms with Crippen LogP contribution < -0.4 is 5.32 Å². The van der Waals surface area contributed by atoms with Crippen molar-refractivity contribution in [3.8, 4) is 0 Å². The number of nitrogens with one attached hydrogen (secondary N) is 1. The minimum Gasteiger partial charge on any atom is -0.383 e. The Labute approximate surface area is 138 Å². The molecule has 1 rings (SSSR count). The number of nitrogens with zero attached hydrogens (tertiary/aromatic N) is 4. The summed E-state index contributed by atoms with van der Waals surface area (Å²) < 4.78 is 5.08. The second-order valence-electron chi connectivity index (χ2n) is 5.34. The summed E-state index contributed by atoms with van der Waals surface area (Å²) in [5.74, 6) is 0.908. The van der Waals surface area contributed by atoms with Crippen molar-refractivity contribution in [2.75, 3.05) is 54.5 Å². The van der Waals surface area contributed by atoms with E-state index in [9.17, 15) is 0 Å². The molecule has 0 bridgehead atoms. The maximum absolute atomic E-state index is 5.08. The minimum absolute atomic E-state index is 0.776. The zero-order valence-electron chi connectivity index (χ0n) is 14.4. The minimum atomic E-state index is 0.776. The number of rotatable bonds is 9. The first-order valence-corrected chi connectivity index (χ1v) is 8.45. The molecule has 22 heavy (non-hydrogen) atoms. The summed E-state index contributed by atoms with van der Waals surface area (Å²) in [6, 6.07) is 0. The van der Waals surface area contributed by atoms with E-state index in [1.165, 1.54) is 0 Å². The lowest BCUT2D eigenvalue weighted by atomic mass is 10.4. The topological polar surface area (TPSA) is 53.0 Å². The van der Waals surface area contributed by atoms with Crippen LogP contribution >= 0.6 is 11.3 Å². The highest BCUT2D eigenvalue weighted by atomic mass is 32.1. The molecule has 1 N–H and O–H groups in total. The third-order valence-corrected chi connectivity index (χ3v) is 4.14. The van der Waals surface area contributed by atoms with E-state index >= 15 is 0 Å². The van der Waals surface area contributed by atoms with E-state index < -0.39 is 0 Å². The second kappa shape index (κ2) is 10.5. The summed E-state index contributed by atoms with van der Waals surface area (Å²) in [5, 5.41) is 6.60. The van der Waals surface area contributed by atoms with Crippen LogP contribution in [-0.4, -0.2) is 75.2 Å². The highest BCUT2D eigenvalue weighted by molar-refractivity contribution is 7.09. The molecule has 0 unspecified atom stereocenters. The Morgan fingerprint density at radius 1 is 1.41 bits per heavy atom. The van der Waals surface area contributed by atoms with Gasteiger partial charge < -0.3 is 19.9 Å². The molecule has 0 amide bonds. The molecule has 7 heteroatoms. The Bertz CT molecular complexity index is 449. The van der Waals surface area contributed by atoms with Crippen LogP contribution in [0.25, 0.3) is 0 Å². The number of guanidine groups is 1. The highest BCUT2D eigenvalue weighted by Gasteiger charge is 2.08. The van der Waals surface area contributed by atoms with Crippen molar-refractivity contribution >= 4 is 17.3 Å². The fourth-order valence-corrected chi connectivity index (χ4v) is 2.70. The van der Waals surface area contributed by atoms with Crippen molar-refractivity contribution in [1.29, 1.82) is 0 Å².